The maximum Gasteiger partial charge on any atom is 0.338 e. The first-order valence-corrected chi connectivity index (χ1v) is 13.1. The maximum atomic E-state index is 14.2. The van der Waals surface area contributed by atoms with Crippen molar-refractivity contribution in [2.24, 2.45) is 5.92 Å². The van der Waals surface area contributed by atoms with Crippen LogP contribution >= 0.6 is 0 Å². The quantitative estimate of drug-likeness (QED) is 0.530. The van der Waals surface area contributed by atoms with Gasteiger partial charge in [0.15, 0.2) is 0 Å². The molecule has 1 amide bonds. The molecule has 34 heavy (non-hydrogen) atoms. The van der Waals surface area contributed by atoms with E-state index < -0.39 is 16.0 Å². The van der Waals surface area contributed by atoms with Gasteiger partial charge in [-0.25, -0.2) is 17.6 Å². The summed E-state index contributed by atoms with van der Waals surface area (Å²) in [4.78, 5) is 26.9. The van der Waals surface area contributed by atoms with Gasteiger partial charge in [0, 0.05) is 37.2 Å². The Balaban J connectivity index is 1.39. The number of esters is 1. The zero-order valence-electron chi connectivity index (χ0n) is 19.2. The van der Waals surface area contributed by atoms with Crippen LogP contribution in [0.15, 0.2) is 53.4 Å². The van der Waals surface area contributed by atoms with Gasteiger partial charge in [-0.05, 0) is 62.9 Å². The minimum atomic E-state index is -3.74. The molecule has 0 unspecified atom stereocenters. The van der Waals surface area contributed by atoms with Crippen molar-refractivity contribution < 1.29 is 27.1 Å². The van der Waals surface area contributed by atoms with Gasteiger partial charge in [-0.3, -0.25) is 4.79 Å². The van der Waals surface area contributed by atoms with E-state index in [1.54, 1.807) is 30.0 Å². The van der Waals surface area contributed by atoms with E-state index in [1.165, 1.54) is 34.6 Å². The Labute approximate surface area is 199 Å². The number of hydrogen-bond acceptors (Lipinski definition) is 5. The predicted molar refractivity (Wildman–Crippen MR) is 124 cm³/mol. The zero-order valence-corrected chi connectivity index (χ0v) is 20.0. The second kappa shape index (κ2) is 10.2. The normalized spacial score (nSPS) is 17.4. The first-order valence-electron chi connectivity index (χ1n) is 11.6. The van der Waals surface area contributed by atoms with E-state index in [1.807, 2.05) is 0 Å². The van der Waals surface area contributed by atoms with E-state index in [-0.39, 0.29) is 54.8 Å². The third-order valence-corrected chi connectivity index (χ3v) is 8.29. The van der Waals surface area contributed by atoms with Gasteiger partial charge in [0.25, 0.3) is 0 Å². The number of carbonyl (C=O) groups is 2. The number of hydrogen-bond donors (Lipinski definition) is 0. The van der Waals surface area contributed by atoms with Crippen LogP contribution in [0.1, 0.15) is 48.5 Å². The summed E-state index contributed by atoms with van der Waals surface area (Å²) in [6, 6.07) is 12.3. The average Bonchev–Trinajstić information content (AvgIpc) is 3.69. The summed E-state index contributed by atoms with van der Waals surface area (Å²) in [5, 5.41) is 0. The molecule has 1 saturated heterocycles. The van der Waals surface area contributed by atoms with Gasteiger partial charge in [0.2, 0.25) is 15.9 Å². The molecule has 2 fully saturated rings. The number of amides is 1. The second-order valence-corrected chi connectivity index (χ2v) is 10.6. The number of rotatable bonds is 8. The lowest BCUT2D eigenvalue weighted by Gasteiger charge is -2.34. The lowest BCUT2D eigenvalue weighted by molar-refractivity contribution is -0.138. The molecule has 7 nitrogen and oxygen atoms in total. The van der Waals surface area contributed by atoms with Crippen molar-refractivity contribution >= 4 is 21.9 Å². The highest BCUT2D eigenvalue weighted by Gasteiger charge is 2.39. The number of piperidine rings is 1. The van der Waals surface area contributed by atoms with Crippen molar-refractivity contribution in [3.05, 3.63) is 65.5 Å². The SMILES string of the molecule is CCOC(=O)c1ccc(S(=O)(=O)N2CCC(C(=O)N(Cc3ccccc3F)C3CC3)CC2)cc1. The van der Waals surface area contributed by atoms with Crippen LogP contribution in [0.4, 0.5) is 4.39 Å². The van der Waals surface area contributed by atoms with Crippen LogP contribution in [0, 0.1) is 11.7 Å². The van der Waals surface area contributed by atoms with Gasteiger partial charge in [-0.15, -0.1) is 0 Å². The van der Waals surface area contributed by atoms with Gasteiger partial charge in [-0.1, -0.05) is 18.2 Å². The van der Waals surface area contributed by atoms with Crippen molar-refractivity contribution in [1.29, 1.82) is 0 Å². The number of ether oxygens (including phenoxy) is 1. The molecule has 1 aliphatic carbocycles. The molecule has 2 aliphatic rings. The van der Waals surface area contributed by atoms with Crippen LogP contribution < -0.4 is 0 Å². The fourth-order valence-electron chi connectivity index (χ4n) is 4.29. The summed E-state index contributed by atoms with van der Waals surface area (Å²) in [5.74, 6) is -1.14. The number of carbonyl (C=O) groups excluding carboxylic acids is 2. The van der Waals surface area contributed by atoms with Crippen molar-refractivity contribution in [3.63, 3.8) is 0 Å². The largest absolute Gasteiger partial charge is 0.462 e. The summed E-state index contributed by atoms with van der Waals surface area (Å²) in [6.07, 6.45) is 2.66. The first kappa shape index (κ1) is 24.3. The van der Waals surface area contributed by atoms with Gasteiger partial charge < -0.3 is 9.64 Å². The maximum absolute atomic E-state index is 14.2. The molecule has 4 rings (SSSR count). The Morgan fingerprint density at radius 2 is 1.68 bits per heavy atom. The molecule has 0 radical (unpaired) electrons. The molecular weight excluding hydrogens is 459 g/mol. The Bertz CT molecular complexity index is 1140. The molecule has 1 heterocycles. The van der Waals surface area contributed by atoms with Gasteiger partial charge in [-0.2, -0.15) is 4.31 Å². The summed E-state index contributed by atoms with van der Waals surface area (Å²) in [6.45, 7) is 2.65. The Hall–Kier alpha value is -2.78. The Kier molecular flexibility index (Phi) is 7.33. The Morgan fingerprint density at radius 1 is 1.03 bits per heavy atom. The van der Waals surface area contributed by atoms with Crippen molar-refractivity contribution in [2.45, 2.75) is 50.1 Å². The third kappa shape index (κ3) is 5.31. The highest BCUT2D eigenvalue weighted by atomic mass is 32.2. The Morgan fingerprint density at radius 3 is 2.26 bits per heavy atom. The molecule has 2 aromatic carbocycles. The topological polar surface area (TPSA) is 84.0 Å². The summed E-state index contributed by atoms with van der Waals surface area (Å²) in [7, 11) is -3.74. The van der Waals surface area contributed by atoms with E-state index in [9.17, 15) is 22.4 Å². The van der Waals surface area contributed by atoms with Crippen molar-refractivity contribution in [1.82, 2.24) is 9.21 Å². The summed E-state index contributed by atoms with van der Waals surface area (Å²) < 4.78 is 46.6. The minimum Gasteiger partial charge on any atom is -0.462 e. The van der Waals surface area contributed by atoms with Crippen LogP contribution in [-0.2, 0) is 26.1 Å². The predicted octanol–water partition coefficient (Wildman–Crippen LogP) is 3.59. The van der Waals surface area contributed by atoms with E-state index >= 15 is 0 Å². The number of sulfonamides is 1. The van der Waals surface area contributed by atoms with Gasteiger partial charge in [0.05, 0.1) is 17.1 Å². The third-order valence-electron chi connectivity index (χ3n) is 6.38. The minimum absolute atomic E-state index is 0.0263. The molecule has 1 saturated carbocycles. The standard InChI is InChI=1S/C25H29FN2O5S/c1-2-33-25(30)19-7-11-22(12-8-19)34(31,32)27-15-13-18(14-16-27)24(29)28(21-9-10-21)17-20-5-3-4-6-23(20)26/h3-8,11-12,18,21H,2,9-10,13-17H2,1H3. The zero-order chi connectivity index (χ0) is 24.3. The lowest BCUT2D eigenvalue weighted by Crippen LogP contribution is -2.44. The van der Waals surface area contributed by atoms with Gasteiger partial charge >= 0.3 is 5.97 Å². The molecule has 1 aliphatic heterocycles. The van der Waals surface area contributed by atoms with Crippen LogP contribution in [0.25, 0.3) is 0 Å². The monoisotopic (exact) mass is 488 g/mol. The van der Waals surface area contributed by atoms with E-state index in [4.69, 9.17) is 4.74 Å². The van der Waals surface area contributed by atoms with E-state index in [0.717, 1.165) is 12.8 Å². The molecule has 182 valence electrons. The fraction of sp³-hybridized carbons (Fsp3) is 0.440. The molecule has 0 bridgehead atoms. The molecular formula is C25H29FN2O5S. The second-order valence-electron chi connectivity index (χ2n) is 8.71. The van der Waals surface area contributed by atoms with Crippen LogP contribution in [0.5, 0.6) is 0 Å². The number of halogens is 1. The van der Waals surface area contributed by atoms with E-state index in [0.29, 0.717) is 24.0 Å². The molecule has 0 aromatic heterocycles. The average molecular weight is 489 g/mol. The molecule has 0 spiro atoms. The molecule has 9 heteroatoms. The molecule has 0 atom stereocenters. The molecule has 2 aromatic rings. The van der Waals surface area contributed by atoms with E-state index in [2.05, 4.69) is 0 Å². The summed E-state index contributed by atoms with van der Waals surface area (Å²) >= 11 is 0. The fourth-order valence-corrected chi connectivity index (χ4v) is 5.76. The van der Waals surface area contributed by atoms with Gasteiger partial charge in [0.1, 0.15) is 5.82 Å². The first-order chi connectivity index (χ1) is 16.3. The van der Waals surface area contributed by atoms with Crippen LogP contribution in [0.2, 0.25) is 0 Å². The lowest BCUT2D eigenvalue weighted by atomic mass is 9.96. The molecule has 0 N–H and O–H groups in total. The highest BCUT2D eigenvalue weighted by molar-refractivity contribution is 7.89. The highest BCUT2D eigenvalue weighted by Crippen LogP contribution is 2.33. The van der Waals surface area contributed by atoms with Crippen molar-refractivity contribution in [3.8, 4) is 0 Å². The van der Waals surface area contributed by atoms with Crippen LogP contribution in [0.3, 0.4) is 0 Å². The van der Waals surface area contributed by atoms with Crippen molar-refractivity contribution in [2.75, 3.05) is 19.7 Å². The number of nitrogens with zero attached hydrogens (tertiary/aromatic N) is 2. The number of benzene rings is 2. The van der Waals surface area contributed by atoms with Crippen LogP contribution in [-0.4, -0.2) is 55.2 Å². The summed E-state index contributed by atoms with van der Waals surface area (Å²) in [5.41, 5.74) is 0.786. The smallest absolute Gasteiger partial charge is 0.338 e.